The molecule has 106 valence electrons. The minimum absolute atomic E-state index is 0.233. The third-order valence-corrected chi connectivity index (χ3v) is 4.38. The Labute approximate surface area is 115 Å². The largest absolute Gasteiger partial charge is 0.310 e. The highest BCUT2D eigenvalue weighted by molar-refractivity contribution is 5.16. The van der Waals surface area contributed by atoms with Crippen molar-refractivity contribution in [1.82, 2.24) is 10.3 Å². The van der Waals surface area contributed by atoms with Gasteiger partial charge in [0.1, 0.15) is 5.82 Å². The van der Waals surface area contributed by atoms with E-state index in [0.717, 1.165) is 18.0 Å². The molecule has 0 radical (unpaired) electrons. The van der Waals surface area contributed by atoms with Crippen molar-refractivity contribution in [3.63, 3.8) is 0 Å². The van der Waals surface area contributed by atoms with E-state index >= 15 is 0 Å². The van der Waals surface area contributed by atoms with Gasteiger partial charge in [-0.2, -0.15) is 0 Å². The summed E-state index contributed by atoms with van der Waals surface area (Å²) >= 11 is 0. The lowest BCUT2D eigenvalue weighted by atomic mass is 9.75. The maximum Gasteiger partial charge on any atom is 0.141 e. The number of hydrogen-bond donors (Lipinski definition) is 1. The minimum atomic E-state index is -0.233. The molecule has 2 rings (SSSR count). The molecular formula is C16H25FN2. The van der Waals surface area contributed by atoms with Crippen molar-refractivity contribution >= 4 is 0 Å². The summed E-state index contributed by atoms with van der Waals surface area (Å²) < 4.78 is 13.4. The standard InChI is InChI=1S/C16H25FN2/c1-3-12-6-5-7-13(8-12)16(19-4-2)14-9-15(17)11-18-10-14/h9-13,16,19H,3-8H2,1-2H3. The summed E-state index contributed by atoms with van der Waals surface area (Å²) in [5, 5.41) is 3.53. The van der Waals surface area contributed by atoms with Crippen molar-refractivity contribution in [3.05, 3.63) is 29.8 Å². The van der Waals surface area contributed by atoms with Crippen LogP contribution in [0, 0.1) is 17.7 Å². The third kappa shape index (κ3) is 3.75. The zero-order valence-electron chi connectivity index (χ0n) is 12.0. The second kappa shape index (κ2) is 6.99. The van der Waals surface area contributed by atoms with Crippen molar-refractivity contribution in [2.45, 2.75) is 52.0 Å². The Hall–Kier alpha value is -0.960. The number of halogens is 1. The third-order valence-electron chi connectivity index (χ3n) is 4.38. The lowest BCUT2D eigenvalue weighted by Crippen LogP contribution is -2.31. The molecule has 0 aliphatic heterocycles. The summed E-state index contributed by atoms with van der Waals surface area (Å²) in [5.74, 6) is 1.21. The van der Waals surface area contributed by atoms with Gasteiger partial charge in [-0.25, -0.2) is 4.39 Å². The van der Waals surface area contributed by atoms with Crippen molar-refractivity contribution in [2.75, 3.05) is 6.54 Å². The van der Waals surface area contributed by atoms with E-state index in [-0.39, 0.29) is 11.9 Å². The van der Waals surface area contributed by atoms with Gasteiger partial charge in [0.15, 0.2) is 0 Å². The van der Waals surface area contributed by atoms with Crippen LogP contribution in [-0.4, -0.2) is 11.5 Å². The number of nitrogens with one attached hydrogen (secondary N) is 1. The Bertz CT molecular complexity index is 394. The minimum Gasteiger partial charge on any atom is -0.310 e. The van der Waals surface area contributed by atoms with Gasteiger partial charge in [0, 0.05) is 12.2 Å². The van der Waals surface area contributed by atoms with Crippen LogP contribution in [0.1, 0.15) is 57.6 Å². The highest BCUT2D eigenvalue weighted by atomic mass is 19.1. The molecular weight excluding hydrogens is 239 g/mol. The zero-order valence-corrected chi connectivity index (χ0v) is 12.0. The Morgan fingerprint density at radius 1 is 1.37 bits per heavy atom. The average molecular weight is 264 g/mol. The van der Waals surface area contributed by atoms with E-state index in [4.69, 9.17) is 0 Å². The van der Waals surface area contributed by atoms with Gasteiger partial charge in [-0.15, -0.1) is 0 Å². The van der Waals surface area contributed by atoms with E-state index in [1.807, 2.05) is 6.20 Å². The van der Waals surface area contributed by atoms with Crippen LogP contribution in [0.5, 0.6) is 0 Å². The summed E-state index contributed by atoms with van der Waals surface area (Å²) in [6, 6.07) is 1.89. The second-order valence-corrected chi connectivity index (χ2v) is 5.67. The lowest BCUT2D eigenvalue weighted by molar-refractivity contribution is 0.210. The molecule has 1 aliphatic carbocycles. The fourth-order valence-electron chi connectivity index (χ4n) is 3.38. The van der Waals surface area contributed by atoms with Crippen LogP contribution >= 0.6 is 0 Å². The summed E-state index contributed by atoms with van der Waals surface area (Å²) in [7, 11) is 0. The molecule has 1 N–H and O–H groups in total. The molecule has 0 aromatic carbocycles. The van der Waals surface area contributed by atoms with Gasteiger partial charge in [0.05, 0.1) is 6.20 Å². The van der Waals surface area contributed by atoms with E-state index in [2.05, 4.69) is 24.1 Å². The van der Waals surface area contributed by atoms with E-state index in [9.17, 15) is 4.39 Å². The van der Waals surface area contributed by atoms with Crippen LogP contribution in [0.3, 0.4) is 0 Å². The molecule has 1 aromatic rings. The fourth-order valence-corrected chi connectivity index (χ4v) is 3.38. The summed E-state index contributed by atoms with van der Waals surface area (Å²) in [4.78, 5) is 4.01. The number of aromatic nitrogens is 1. The summed E-state index contributed by atoms with van der Waals surface area (Å²) in [5.41, 5.74) is 1.00. The number of pyridine rings is 1. The molecule has 1 aromatic heterocycles. The highest BCUT2D eigenvalue weighted by Gasteiger charge is 2.28. The number of nitrogens with zero attached hydrogens (tertiary/aromatic N) is 1. The molecule has 0 saturated heterocycles. The molecule has 0 bridgehead atoms. The van der Waals surface area contributed by atoms with Gasteiger partial charge in [-0.1, -0.05) is 33.1 Å². The molecule has 19 heavy (non-hydrogen) atoms. The molecule has 1 aliphatic rings. The first-order valence-corrected chi connectivity index (χ1v) is 7.58. The van der Waals surface area contributed by atoms with Gasteiger partial charge in [-0.05, 0) is 42.9 Å². The highest BCUT2D eigenvalue weighted by Crippen LogP contribution is 2.38. The average Bonchev–Trinajstić information content (AvgIpc) is 2.45. The normalized spacial score (nSPS) is 25.2. The molecule has 0 amide bonds. The van der Waals surface area contributed by atoms with Gasteiger partial charge >= 0.3 is 0 Å². The number of rotatable bonds is 5. The van der Waals surface area contributed by atoms with E-state index < -0.39 is 0 Å². The first-order valence-electron chi connectivity index (χ1n) is 7.58. The SMILES string of the molecule is CCNC(c1cncc(F)c1)C1CCCC(CC)C1. The van der Waals surface area contributed by atoms with Crippen LogP contribution in [0.15, 0.2) is 18.5 Å². The molecule has 2 nitrogen and oxygen atoms in total. The molecule has 0 spiro atoms. The van der Waals surface area contributed by atoms with Crippen LogP contribution in [-0.2, 0) is 0 Å². The maximum atomic E-state index is 13.4. The Kier molecular flexibility index (Phi) is 5.32. The van der Waals surface area contributed by atoms with Gasteiger partial charge in [0.2, 0.25) is 0 Å². The fraction of sp³-hybridized carbons (Fsp3) is 0.688. The van der Waals surface area contributed by atoms with E-state index in [0.29, 0.717) is 5.92 Å². The molecule has 1 heterocycles. The van der Waals surface area contributed by atoms with Crippen LogP contribution in [0.2, 0.25) is 0 Å². The van der Waals surface area contributed by atoms with Crippen molar-refractivity contribution in [1.29, 1.82) is 0 Å². The van der Waals surface area contributed by atoms with E-state index in [1.165, 1.54) is 38.3 Å². The predicted molar refractivity (Wildman–Crippen MR) is 76.4 cm³/mol. The van der Waals surface area contributed by atoms with Crippen LogP contribution < -0.4 is 5.32 Å². The second-order valence-electron chi connectivity index (χ2n) is 5.67. The van der Waals surface area contributed by atoms with Crippen molar-refractivity contribution < 1.29 is 4.39 Å². The van der Waals surface area contributed by atoms with Crippen LogP contribution in [0.4, 0.5) is 4.39 Å². The molecule has 3 atom stereocenters. The predicted octanol–water partition coefficient (Wildman–Crippen LogP) is 4.09. The van der Waals surface area contributed by atoms with Crippen molar-refractivity contribution in [3.8, 4) is 0 Å². The topological polar surface area (TPSA) is 24.9 Å². The first-order chi connectivity index (χ1) is 9.24. The summed E-state index contributed by atoms with van der Waals surface area (Å²) in [6.45, 7) is 5.30. The first kappa shape index (κ1) is 14.4. The van der Waals surface area contributed by atoms with Gasteiger partial charge < -0.3 is 5.32 Å². The smallest absolute Gasteiger partial charge is 0.141 e. The van der Waals surface area contributed by atoms with Crippen molar-refractivity contribution in [2.24, 2.45) is 11.8 Å². The Balaban J connectivity index is 2.15. The molecule has 3 heteroatoms. The Morgan fingerprint density at radius 3 is 2.89 bits per heavy atom. The monoisotopic (exact) mass is 264 g/mol. The van der Waals surface area contributed by atoms with Crippen LogP contribution in [0.25, 0.3) is 0 Å². The Morgan fingerprint density at radius 2 is 2.21 bits per heavy atom. The zero-order chi connectivity index (χ0) is 13.7. The maximum absolute atomic E-state index is 13.4. The molecule has 3 unspecified atom stereocenters. The molecule has 1 saturated carbocycles. The molecule has 1 fully saturated rings. The lowest BCUT2D eigenvalue weighted by Gasteiger charge is -2.35. The van der Waals surface area contributed by atoms with E-state index in [1.54, 1.807) is 6.07 Å². The van der Waals surface area contributed by atoms with Gasteiger partial charge in [-0.3, -0.25) is 4.98 Å². The quantitative estimate of drug-likeness (QED) is 0.866. The number of hydrogen-bond acceptors (Lipinski definition) is 2. The van der Waals surface area contributed by atoms with Gasteiger partial charge in [0.25, 0.3) is 0 Å². The summed E-state index contributed by atoms with van der Waals surface area (Å²) in [6.07, 6.45) is 9.50.